The number of aromatic nitrogens is 1. The van der Waals surface area contributed by atoms with Crippen molar-refractivity contribution in [1.82, 2.24) is 4.98 Å². The van der Waals surface area contributed by atoms with Gasteiger partial charge in [0.2, 0.25) is 0 Å². The number of para-hydroxylation sites is 1. The molecule has 0 saturated carbocycles. The summed E-state index contributed by atoms with van der Waals surface area (Å²) in [5, 5.41) is 3.26. The van der Waals surface area contributed by atoms with Crippen LogP contribution in [0.15, 0.2) is 71.6 Å². The van der Waals surface area contributed by atoms with Crippen LogP contribution in [0.5, 0.6) is 0 Å². The van der Waals surface area contributed by atoms with Gasteiger partial charge in [0.05, 0.1) is 26.4 Å². The van der Waals surface area contributed by atoms with Crippen molar-refractivity contribution in [3.05, 3.63) is 83.4 Å². The van der Waals surface area contributed by atoms with Gasteiger partial charge in [0.15, 0.2) is 5.13 Å². The maximum absolute atomic E-state index is 13.0. The van der Waals surface area contributed by atoms with Crippen molar-refractivity contribution in [2.45, 2.75) is 31.6 Å². The molecule has 0 aliphatic carbocycles. The molecule has 0 fully saturated rings. The molecule has 0 atom stereocenters. The number of amides is 1. The molecule has 1 amide bonds. The largest absolute Gasteiger partial charge is 0.298 e. The van der Waals surface area contributed by atoms with Gasteiger partial charge >= 0.3 is 0 Å². The molecule has 1 aromatic heterocycles. The van der Waals surface area contributed by atoms with Crippen LogP contribution in [0.4, 0.5) is 10.8 Å². The highest BCUT2D eigenvalue weighted by molar-refractivity contribution is 7.92. The fraction of sp³-hybridized carbons (Fsp3) is 0.167. The number of aryl methyl sites for hydroxylation is 1. The third kappa shape index (κ3) is 4.66. The Labute approximate surface area is 191 Å². The quantitative estimate of drug-likeness (QED) is 0.378. The van der Waals surface area contributed by atoms with E-state index in [1.165, 1.54) is 29.0 Å². The summed E-state index contributed by atoms with van der Waals surface area (Å²) in [5.41, 5.74) is 3.39. The summed E-state index contributed by atoms with van der Waals surface area (Å²) in [4.78, 5) is 17.6. The average Bonchev–Trinajstić information content (AvgIpc) is 3.15. The number of sulfonamides is 1. The summed E-state index contributed by atoms with van der Waals surface area (Å²) in [6, 6.07) is 19.1. The maximum atomic E-state index is 13.0. The zero-order chi connectivity index (χ0) is 22.9. The van der Waals surface area contributed by atoms with Crippen LogP contribution in [0.1, 0.15) is 41.3 Å². The van der Waals surface area contributed by atoms with Crippen LogP contribution >= 0.6 is 11.3 Å². The van der Waals surface area contributed by atoms with Crippen LogP contribution in [0.25, 0.3) is 10.2 Å². The Balaban J connectivity index is 1.59. The highest BCUT2D eigenvalue weighted by Gasteiger charge is 2.19. The summed E-state index contributed by atoms with van der Waals surface area (Å²) in [5.74, 6) is -0.0386. The number of carbonyl (C=O) groups is 1. The van der Waals surface area contributed by atoms with E-state index in [-0.39, 0.29) is 16.1 Å². The van der Waals surface area contributed by atoms with Crippen molar-refractivity contribution in [3.8, 4) is 0 Å². The van der Waals surface area contributed by atoms with E-state index in [2.05, 4.69) is 34.9 Å². The van der Waals surface area contributed by atoms with Crippen LogP contribution in [-0.2, 0) is 10.0 Å². The van der Waals surface area contributed by atoms with Crippen molar-refractivity contribution in [3.63, 3.8) is 0 Å². The molecule has 32 heavy (non-hydrogen) atoms. The Morgan fingerprint density at radius 2 is 1.72 bits per heavy atom. The standard InChI is InChI=1S/C24H23N3O3S2/c1-15(2)17-10-13-21-22(14-17)31-24(25-21)26-23(28)19-6-4-5-7-20(19)27-32(29,30)18-11-8-16(3)9-12-18/h4-15,27H,1-3H3,(H,25,26,28). The predicted octanol–water partition coefficient (Wildman–Crippen LogP) is 5.78. The number of rotatable bonds is 6. The van der Waals surface area contributed by atoms with Gasteiger partial charge in [-0.15, -0.1) is 0 Å². The first-order chi connectivity index (χ1) is 15.2. The molecule has 6 nitrogen and oxygen atoms in total. The third-order valence-corrected chi connectivity index (χ3v) is 7.36. The Morgan fingerprint density at radius 1 is 1.00 bits per heavy atom. The number of fused-ring (bicyclic) bond motifs is 1. The van der Waals surface area contributed by atoms with Gasteiger partial charge in [0, 0.05) is 0 Å². The molecule has 164 valence electrons. The summed E-state index contributed by atoms with van der Waals surface area (Å²) in [6.45, 7) is 6.13. The number of thiazole rings is 1. The van der Waals surface area contributed by atoms with Gasteiger partial charge in [-0.2, -0.15) is 0 Å². The molecule has 0 spiro atoms. The molecule has 0 saturated heterocycles. The number of benzene rings is 3. The predicted molar refractivity (Wildman–Crippen MR) is 130 cm³/mol. The monoisotopic (exact) mass is 465 g/mol. The molecular formula is C24H23N3O3S2. The first-order valence-electron chi connectivity index (χ1n) is 10.1. The summed E-state index contributed by atoms with van der Waals surface area (Å²) in [7, 11) is -3.84. The molecule has 2 N–H and O–H groups in total. The van der Waals surface area contributed by atoms with Crippen LogP contribution < -0.4 is 10.0 Å². The summed E-state index contributed by atoms with van der Waals surface area (Å²) < 4.78 is 29.1. The number of anilines is 2. The fourth-order valence-electron chi connectivity index (χ4n) is 3.21. The molecule has 4 aromatic rings. The van der Waals surface area contributed by atoms with Crippen molar-refractivity contribution in [1.29, 1.82) is 0 Å². The molecule has 0 aliphatic rings. The fourth-order valence-corrected chi connectivity index (χ4v) is 5.20. The topological polar surface area (TPSA) is 88.2 Å². The number of carbonyl (C=O) groups excluding carboxylic acids is 1. The van der Waals surface area contributed by atoms with Crippen LogP contribution in [0, 0.1) is 6.92 Å². The molecule has 0 bridgehead atoms. The van der Waals surface area contributed by atoms with Gasteiger partial charge in [-0.05, 0) is 54.8 Å². The Hall–Kier alpha value is -3.23. The number of hydrogen-bond donors (Lipinski definition) is 2. The Bertz CT molecular complexity index is 1390. The number of hydrogen-bond acceptors (Lipinski definition) is 5. The Kier molecular flexibility index (Phi) is 5.99. The molecule has 0 aliphatic heterocycles. The van der Waals surface area contributed by atoms with Crippen LogP contribution in [-0.4, -0.2) is 19.3 Å². The Morgan fingerprint density at radius 3 is 2.44 bits per heavy atom. The highest BCUT2D eigenvalue weighted by Crippen LogP contribution is 2.30. The average molecular weight is 466 g/mol. The van der Waals surface area contributed by atoms with Gasteiger partial charge in [-0.1, -0.05) is 61.1 Å². The smallest absolute Gasteiger partial charge is 0.261 e. The van der Waals surface area contributed by atoms with Crippen molar-refractivity contribution < 1.29 is 13.2 Å². The van der Waals surface area contributed by atoms with Gasteiger partial charge in [-0.25, -0.2) is 13.4 Å². The minimum Gasteiger partial charge on any atom is -0.298 e. The second kappa shape index (κ2) is 8.72. The minimum atomic E-state index is -3.84. The number of nitrogens with one attached hydrogen (secondary N) is 2. The van der Waals surface area contributed by atoms with E-state index in [4.69, 9.17) is 0 Å². The van der Waals surface area contributed by atoms with E-state index in [1.807, 2.05) is 19.1 Å². The molecule has 0 unspecified atom stereocenters. The van der Waals surface area contributed by atoms with Gasteiger partial charge in [0.1, 0.15) is 0 Å². The van der Waals surface area contributed by atoms with E-state index < -0.39 is 15.9 Å². The molecular weight excluding hydrogens is 442 g/mol. The van der Waals surface area contributed by atoms with E-state index >= 15 is 0 Å². The first-order valence-corrected chi connectivity index (χ1v) is 12.4. The maximum Gasteiger partial charge on any atom is 0.261 e. The van der Waals surface area contributed by atoms with E-state index in [9.17, 15) is 13.2 Å². The molecule has 0 radical (unpaired) electrons. The van der Waals surface area contributed by atoms with Crippen molar-refractivity contribution >= 4 is 48.3 Å². The van der Waals surface area contributed by atoms with Crippen molar-refractivity contribution in [2.24, 2.45) is 0 Å². The third-order valence-electron chi connectivity index (χ3n) is 5.05. The molecule has 3 aromatic carbocycles. The van der Waals surface area contributed by atoms with Gasteiger partial charge in [-0.3, -0.25) is 14.8 Å². The van der Waals surface area contributed by atoms with E-state index in [1.54, 1.807) is 36.4 Å². The van der Waals surface area contributed by atoms with Crippen molar-refractivity contribution in [2.75, 3.05) is 10.0 Å². The van der Waals surface area contributed by atoms with Gasteiger partial charge in [0.25, 0.3) is 15.9 Å². The van der Waals surface area contributed by atoms with Gasteiger partial charge < -0.3 is 0 Å². The number of nitrogens with zero attached hydrogens (tertiary/aromatic N) is 1. The second-order valence-corrected chi connectivity index (χ2v) is 10.5. The lowest BCUT2D eigenvalue weighted by molar-refractivity contribution is 0.102. The van der Waals surface area contributed by atoms with E-state index in [0.29, 0.717) is 11.0 Å². The van der Waals surface area contributed by atoms with E-state index in [0.717, 1.165) is 15.8 Å². The minimum absolute atomic E-state index is 0.130. The zero-order valence-electron chi connectivity index (χ0n) is 17.9. The summed E-state index contributed by atoms with van der Waals surface area (Å²) in [6.07, 6.45) is 0. The zero-order valence-corrected chi connectivity index (χ0v) is 19.5. The normalized spacial score (nSPS) is 11.6. The lowest BCUT2D eigenvalue weighted by atomic mass is 10.0. The molecule has 1 heterocycles. The first kappa shape index (κ1) is 22.0. The second-order valence-electron chi connectivity index (χ2n) is 7.82. The lowest BCUT2D eigenvalue weighted by Gasteiger charge is -2.12. The SMILES string of the molecule is Cc1ccc(S(=O)(=O)Nc2ccccc2C(=O)Nc2nc3ccc(C(C)C)cc3s2)cc1. The lowest BCUT2D eigenvalue weighted by Crippen LogP contribution is -2.18. The van der Waals surface area contributed by atoms with Crippen LogP contribution in [0.3, 0.4) is 0 Å². The van der Waals surface area contributed by atoms with Crippen LogP contribution in [0.2, 0.25) is 0 Å². The molecule has 4 rings (SSSR count). The summed E-state index contributed by atoms with van der Waals surface area (Å²) >= 11 is 1.39. The molecule has 8 heteroatoms. The highest BCUT2D eigenvalue weighted by atomic mass is 32.2.